The minimum absolute atomic E-state index is 1.36. The molecule has 0 aromatic carbocycles. The molecule has 11 heavy (non-hydrogen) atoms. The van der Waals surface area contributed by atoms with E-state index < -0.39 is 8.25 Å². The van der Waals surface area contributed by atoms with Gasteiger partial charge in [-0.25, -0.2) is 0 Å². The summed E-state index contributed by atoms with van der Waals surface area (Å²) < 4.78 is 8.70. The molecule has 0 aliphatic carbocycles. The highest BCUT2D eigenvalue weighted by Gasteiger charge is 1.93. The van der Waals surface area contributed by atoms with Crippen LogP contribution in [0.5, 0.6) is 0 Å². The molecule has 0 bridgehead atoms. The van der Waals surface area contributed by atoms with Gasteiger partial charge in [0.05, 0.1) is 0 Å². The predicted molar refractivity (Wildman–Crippen MR) is 46.5 cm³/mol. The van der Waals surface area contributed by atoms with Crippen LogP contribution < -0.4 is 0 Å². The summed E-state index contributed by atoms with van der Waals surface area (Å²) in [6.45, 7) is 4.49. The Hall–Kier alpha value is 0.0200. The monoisotopic (exact) mass is 181 g/mol. The number of hydrogen-bond donors (Lipinski definition) is 2. The molecule has 0 unspecified atom stereocenters. The molecule has 0 atom stereocenters. The molecule has 0 rings (SSSR count). The first-order valence-corrected chi connectivity index (χ1v) is 5.16. The van der Waals surface area contributed by atoms with Crippen LogP contribution in [0.1, 0.15) is 46.0 Å². The quantitative estimate of drug-likeness (QED) is 0.517. The van der Waals surface area contributed by atoms with Crippen LogP contribution in [0.4, 0.5) is 0 Å². The van der Waals surface area contributed by atoms with Crippen molar-refractivity contribution in [1.29, 1.82) is 0 Å². The van der Waals surface area contributed by atoms with Gasteiger partial charge in [0, 0.05) is 4.57 Å². The second-order valence-electron chi connectivity index (χ2n) is 2.31. The van der Waals surface area contributed by atoms with E-state index in [1.54, 1.807) is 0 Å². The highest BCUT2D eigenvalue weighted by atomic mass is 31.1. The lowest BCUT2D eigenvalue weighted by molar-refractivity contribution is 0.405. The van der Waals surface area contributed by atoms with Crippen LogP contribution in [0.2, 0.25) is 0 Å². The third-order valence-corrected chi connectivity index (χ3v) is 1.21. The fourth-order valence-corrected chi connectivity index (χ4v) is 0.677. The van der Waals surface area contributed by atoms with Crippen LogP contribution in [-0.4, -0.2) is 9.79 Å². The van der Waals surface area contributed by atoms with Crippen LogP contribution >= 0.6 is 8.25 Å². The zero-order chi connectivity index (χ0) is 9.11. The summed E-state index contributed by atoms with van der Waals surface area (Å²) in [7, 11) is -2.87. The molecular formula is C7H18O3P+. The van der Waals surface area contributed by atoms with Crippen LogP contribution in [0.15, 0.2) is 0 Å². The second-order valence-corrected chi connectivity index (χ2v) is 2.82. The smallest absolute Gasteiger partial charge is 0.134 e. The lowest BCUT2D eigenvalue weighted by atomic mass is 10.2. The fourth-order valence-electron chi connectivity index (χ4n) is 0.677. The lowest BCUT2D eigenvalue weighted by Crippen LogP contribution is -1.70. The van der Waals surface area contributed by atoms with Gasteiger partial charge in [-0.3, -0.25) is 0 Å². The standard InChI is InChI=1S/C7H16.HO3P/c1-3-5-7-6-4-2;1-4(2)3/h3-7H2,1-2H3;(H-,1,2,3)/p+1. The molecule has 0 spiro atoms. The Bertz CT molecular complexity index is 77.8. The Morgan fingerprint density at radius 3 is 1.45 bits per heavy atom. The van der Waals surface area contributed by atoms with E-state index in [0.29, 0.717) is 0 Å². The van der Waals surface area contributed by atoms with Crippen molar-refractivity contribution in [3.8, 4) is 0 Å². The van der Waals surface area contributed by atoms with E-state index in [0.717, 1.165) is 0 Å². The predicted octanol–water partition coefficient (Wildman–Crippen LogP) is 2.61. The average Bonchev–Trinajstić information content (AvgIpc) is 1.88. The molecule has 0 aliphatic heterocycles. The Morgan fingerprint density at radius 1 is 1.00 bits per heavy atom. The van der Waals surface area contributed by atoms with Gasteiger partial charge >= 0.3 is 8.25 Å². The highest BCUT2D eigenvalue weighted by molar-refractivity contribution is 7.30. The second kappa shape index (κ2) is 12.7. The van der Waals surface area contributed by atoms with Gasteiger partial charge < -0.3 is 0 Å². The summed E-state index contributed by atoms with van der Waals surface area (Å²) >= 11 is 0. The molecule has 3 nitrogen and oxygen atoms in total. The van der Waals surface area contributed by atoms with E-state index in [9.17, 15) is 0 Å². The summed E-state index contributed by atoms with van der Waals surface area (Å²) in [5, 5.41) is 0. The Kier molecular flexibility index (Phi) is 15.7. The van der Waals surface area contributed by atoms with Crippen molar-refractivity contribution < 1.29 is 14.4 Å². The van der Waals surface area contributed by atoms with Gasteiger partial charge in [-0.2, -0.15) is 0 Å². The third kappa shape index (κ3) is 39.9. The minimum Gasteiger partial charge on any atom is -0.134 e. The van der Waals surface area contributed by atoms with Gasteiger partial charge in [-0.05, 0) is 0 Å². The van der Waals surface area contributed by atoms with Gasteiger partial charge in [0.2, 0.25) is 0 Å². The van der Waals surface area contributed by atoms with Crippen molar-refractivity contribution in [2.24, 2.45) is 0 Å². The Labute approximate surface area is 69.4 Å². The zero-order valence-corrected chi connectivity index (χ0v) is 8.18. The van der Waals surface area contributed by atoms with Crippen molar-refractivity contribution in [2.45, 2.75) is 46.0 Å². The molecule has 2 N–H and O–H groups in total. The Morgan fingerprint density at radius 2 is 1.27 bits per heavy atom. The van der Waals surface area contributed by atoms with E-state index in [4.69, 9.17) is 14.4 Å². The molecule has 0 aliphatic rings. The molecule has 0 saturated carbocycles. The van der Waals surface area contributed by atoms with Gasteiger partial charge in [0.25, 0.3) is 0 Å². The summed E-state index contributed by atoms with van der Waals surface area (Å²) in [4.78, 5) is 14.2. The third-order valence-electron chi connectivity index (χ3n) is 1.21. The fraction of sp³-hybridized carbons (Fsp3) is 1.00. The van der Waals surface area contributed by atoms with E-state index in [-0.39, 0.29) is 0 Å². The lowest BCUT2D eigenvalue weighted by Gasteiger charge is -1.90. The summed E-state index contributed by atoms with van der Waals surface area (Å²) in [6, 6.07) is 0. The topological polar surface area (TPSA) is 57.5 Å². The normalized spacial score (nSPS) is 8.36. The maximum atomic E-state index is 8.70. The molecule has 0 aromatic heterocycles. The SMILES string of the molecule is CCCCCCC.O=[P+](O)O. The molecule has 0 aromatic rings. The molecule has 0 radical (unpaired) electrons. The van der Waals surface area contributed by atoms with Crippen LogP contribution in [0.3, 0.4) is 0 Å². The molecule has 0 fully saturated rings. The van der Waals surface area contributed by atoms with Gasteiger partial charge in [0.15, 0.2) is 0 Å². The number of unbranched alkanes of at least 4 members (excludes halogenated alkanes) is 4. The summed E-state index contributed by atoms with van der Waals surface area (Å²) in [5.74, 6) is 0. The van der Waals surface area contributed by atoms with E-state index in [2.05, 4.69) is 13.8 Å². The maximum absolute atomic E-state index is 8.70. The van der Waals surface area contributed by atoms with Gasteiger partial charge in [-0.15, -0.1) is 9.79 Å². The van der Waals surface area contributed by atoms with Crippen LogP contribution in [-0.2, 0) is 4.57 Å². The Balaban J connectivity index is 0. The summed E-state index contributed by atoms with van der Waals surface area (Å²) in [5.41, 5.74) is 0. The van der Waals surface area contributed by atoms with Gasteiger partial charge in [-0.1, -0.05) is 46.0 Å². The minimum atomic E-state index is -2.87. The van der Waals surface area contributed by atoms with Crippen LogP contribution in [0.25, 0.3) is 0 Å². The maximum Gasteiger partial charge on any atom is 0.692 e. The highest BCUT2D eigenvalue weighted by Crippen LogP contribution is 2.00. The first-order chi connectivity index (χ1) is 5.15. The summed E-state index contributed by atoms with van der Waals surface area (Å²) in [6.07, 6.45) is 7.01. The molecule has 68 valence electrons. The van der Waals surface area contributed by atoms with Crippen molar-refractivity contribution in [2.75, 3.05) is 0 Å². The van der Waals surface area contributed by atoms with E-state index >= 15 is 0 Å². The van der Waals surface area contributed by atoms with Gasteiger partial charge in [0.1, 0.15) is 0 Å². The zero-order valence-electron chi connectivity index (χ0n) is 7.29. The van der Waals surface area contributed by atoms with Crippen molar-refractivity contribution in [3.63, 3.8) is 0 Å². The van der Waals surface area contributed by atoms with Crippen molar-refractivity contribution in [3.05, 3.63) is 0 Å². The van der Waals surface area contributed by atoms with E-state index in [1.807, 2.05) is 0 Å². The molecule has 0 saturated heterocycles. The van der Waals surface area contributed by atoms with E-state index in [1.165, 1.54) is 32.1 Å². The molecule has 0 amide bonds. The first-order valence-electron chi connectivity index (χ1n) is 4.00. The number of hydrogen-bond acceptors (Lipinski definition) is 1. The number of rotatable bonds is 4. The molecule has 4 heteroatoms. The average molecular weight is 181 g/mol. The first kappa shape index (κ1) is 13.6. The van der Waals surface area contributed by atoms with Crippen molar-refractivity contribution >= 4 is 8.25 Å². The largest absolute Gasteiger partial charge is 0.692 e. The van der Waals surface area contributed by atoms with Crippen molar-refractivity contribution in [1.82, 2.24) is 0 Å². The van der Waals surface area contributed by atoms with Crippen LogP contribution in [0, 0.1) is 0 Å². The molecule has 0 heterocycles. The molecular weight excluding hydrogens is 163 g/mol.